The number of halogens is 2. The van der Waals surface area contributed by atoms with Crippen LogP contribution in [0.25, 0.3) is 22.5 Å². The number of aromatic amines is 1. The molecule has 0 unspecified atom stereocenters. The van der Waals surface area contributed by atoms with Crippen LogP contribution in [-0.4, -0.2) is 25.2 Å². The minimum absolute atomic E-state index is 0.122. The van der Waals surface area contributed by atoms with E-state index in [1.165, 1.54) is 16.7 Å². The van der Waals surface area contributed by atoms with Gasteiger partial charge in [0, 0.05) is 28.4 Å². The second kappa shape index (κ2) is 7.13. The van der Waals surface area contributed by atoms with Crippen LogP contribution in [0.5, 0.6) is 0 Å². The van der Waals surface area contributed by atoms with E-state index in [2.05, 4.69) is 20.6 Å². The van der Waals surface area contributed by atoms with Gasteiger partial charge in [-0.3, -0.25) is 4.79 Å². The van der Waals surface area contributed by atoms with Gasteiger partial charge in [-0.05, 0) is 34.5 Å². The second-order valence-corrected chi connectivity index (χ2v) is 6.37. The summed E-state index contributed by atoms with van der Waals surface area (Å²) in [5, 5.41) is 14.1. The van der Waals surface area contributed by atoms with Crippen molar-refractivity contribution in [2.24, 2.45) is 0 Å². The van der Waals surface area contributed by atoms with Crippen molar-refractivity contribution in [3.05, 3.63) is 87.6 Å². The molecule has 0 aliphatic heterocycles. The molecule has 8 heteroatoms. The van der Waals surface area contributed by atoms with Crippen LogP contribution in [0.3, 0.4) is 0 Å². The number of aromatic nitrogens is 5. The van der Waals surface area contributed by atoms with E-state index in [0.29, 0.717) is 16.4 Å². The number of benzene rings is 2. The normalized spacial score (nSPS) is 10.9. The standard InChI is InChI=1S/C19H13ClFN5O/c20-16-7-5-15(17(21)9-16)11-26-10-14(6-8-18(26)27)12-1-3-13(4-2-12)19-22-24-25-23-19/h1-10H,11H2,(H,22,23,24,25). The van der Waals surface area contributed by atoms with E-state index >= 15 is 0 Å². The van der Waals surface area contributed by atoms with Gasteiger partial charge in [0.05, 0.1) is 6.54 Å². The van der Waals surface area contributed by atoms with Gasteiger partial charge in [-0.25, -0.2) is 4.39 Å². The summed E-state index contributed by atoms with van der Waals surface area (Å²) < 4.78 is 15.5. The topological polar surface area (TPSA) is 76.5 Å². The van der Waals surface area contributed by atoms with Gasteiger partial charge in [0.2, 0.25) is 5.82 Å². The Balaban J connectivity index is 1.65. The molecule has 0 amide bonds. The van der Waals surface area contributed by atoms with E-state index in [-0.39, 0.29) is 12.1 Å². The van der Waals surface area contributed by atoms with Crippen LogP contribution < -0.4 is 5.56 Å². The maximum Gasteiger partial charge on any atom is 0.250 e. The third kappa shape index (κ3) is 3.63. The van der Waals surface area contributed by atoms with Gasteiger partial charge >= 0.3 is 0 Å². The molecule has 4 rings (SSSR count). The summed E-state index contributed by atoms with van der Waals surface area (Å²) in [6, 6.07) is 15.2. The zero-order chi connectivity index (χ0) is 18.8. The molecular formula is C19H13ClFN5O. The van der Waals surface area contributed by atoms with Crippen LogP contribution >= 0.6 is 11.6 Å². The molecule has 6 nitrogen and oxygen atoms in total. The molecule has 0 aliphatic carbocycles. The summed E-state index contributed by atoms with van der Waals surface area (Å²) in [5.74, 6) is 0.0639. The number of tetrazole rings is 1. The van der Waals surface area contributed by atoms with Crippen molar-refractivity contribution in [2.45, 2.75) is 6.54 Å². The van der Waals surface area contributed by atoms with Crippen LogP contribution in [-0.2, 0) is 6.54 Å². The summed E-state index contributed by atoms with van der Waals surface area (Å²) in [6.07, 6.45) is 1.71. The van der Waals surface area contributed by atoms with E-state index in [9.17, 15) is 9.18 Å². The maximum atomic E-state index is 14.1. The van der Waals surface area contributed by atoms with Crippen molar-refractivity contribution in [2.75, 3.05) is 0 Å². The largest absolute Gasteiger partial charge is 0.310 e. The van der Waals surface area contributed by atoms with E-state index < -0.39 is 5.82 Å². The molecule has 0 saturated heterocycles. The third-order valence-corrected chi connectivity index (χ3v) is 4.40. The molecule has 0 fully saturated rings. The highest BCUT2D eigenvalue weighted by molar-refractivity contribution is 6.30. The first-order valence-corrected chi connectivity index (χ1v) is 8.46. The molecular weight excluding hydrogens is 369 g/mol. The smallest absolute Gasteiger partial charge is 0.250 e. The van der Waals surface area contributed by atoms with Crippen LogP contribution in [0.4, 0.5) is 4.39 Å². The van der Waals surface area contributed by atoms with Gasteiger partial charge in [0.15, 0.2) is 0 Å². The average molecular weight is 382 g/mol. The molecule has 1 N–H and O–H groups in total. The van der Waals surface area contributed by atoms with E-state index in [1.54, 1.807) is 24.4 Å². The lowest BCUT2D eigenvalue weighted by molar-refractivity contribution is 0.596. The molecule has 0 saturated carbocycles. The van der Waals surface area contributed by atoms with Crippen LogP contribution in [0.2, 0.25) is 5.02 Å². The van der Waals surface area contributed by atoms with Gasteiger partial charge in [0.25, 0.3) is 5.56 Å². The SMILES string of the molecule is O=c1ccc(-c2ccc(-c3nn[nH]n3)cc2)cn1Cc1ccc(Cl)cc1F. The Morgan fingerprint density at radius 3 is 2.44 bits per heavy atom. The van der Waals surface area contributed by atoms with Gasteiger partial charge < -0.3 is 4.57 Å². The Hall–Kier alpha value is -3.32. The molecule has 2 aromatic heterocycles. The predicted molar refractivity (Wildman–Crippen MR) is 99.8 cm³/mol. The number of rotatable bonds is 4. The minimum Gasteiger partial charge on any atom is -0.310 e. The first-order chi connectivity index (χ1) is 13.1. The van der Waals surface area contributed by atoms with Crippen LogP contribution in [0.15, 0.2) is 65.6 Å². The fourth-order valence-corrected chi connectivity index (χ4v) is 2.91. The quantitative estimate of drug-likeness (QED) is 0.586. The average Bonchev–Trinajstić information content (AvgIpc) is 3.20. The van der Waals surface area contributed by atoms with Gasteiger partial charge in [-0.2, -0.15) is 5.21 Å². The fourth-order valence-electron chi connectivity index (χ4n) is 2.75. The maximum absolute atomic E-state index is 14.1. The third-order valence-electron chi connectivity index (χ3n) is 4.16. The molecule has 4 aromatic rings. The lowest BCUT2D eigenvalue weighted by Gasteiger charge is -2.10. The number of nitrogens with zero attached hydrogens (tertiary/aromatic N) is 4. The lowest BCUT2D eigenvalue weighted by atomic mass is 10.1. The summed E-state index contributed by atoms with van der Waals surface area (Å²) >= 11 is 5.78. The Morgan fingerprint density at radius 2 is 1.74 bits per heavy atom. The number of hydrogen-bond acceptors (Lipinski definition) is 4. The molecule has 0 spiro atoms. The Morgan fingerprint density at radius 1 is 1.00 bits per heavy atom. The van der Waals surface area contributed by atoms with Crippen molar-refractivity contribution >= 4 is 11.6 Å². The Bertz CT molecular complexity index is 1140. The molecule has 0 atom stereocenters. The molecule has 0 radical (unpaired) electrons. The van der Waals surface area contributed by atoms with Crippen molar-refractivity contribution in [1.82, 2.24) is 25.2 Å². The minimum atomic E-state index is -0.440. The zero-order valence-electron chi connectivity index (χ0n) is 13.9. The molecule has 27 heavy (non-hydrogen) atoms. The highest BCUT2D eigenvalue weighted by Gasteiger charge is 2.08. The second-order valence-electron chi connectivity index (χ2n) is 5.93. The number of pyridine rings is 1. The monoisotopic (exact) mass is 381 g/mol. The molecule has 0 bridgehead atoms. The van der Waals surface area contributed by atoms with Gasteiger partial charge in [-0.15, -0.1) is 10.2 Å². The van der Waals surface area contributed by atoms with Gasteiger partial charge in [-0.1, -0.05) is 41.9 Å². The van der Waals surface area contributed by atoms with Crippen molar-refractivity contribution in [1.29, 1.82) is 0 Å². The molecule has 134 valence electrons. The number of H-pyrrole nitrogens is 1. The predicted octanol–water partition coefficient (Wildman–Crippen LogP) is 3.54. The van der Waals surface area contributed by atoms with Crippen molar-refractivity contribution in [3.63, 3.8) is 0 Å². The van der Waals surface area contributed by atoms with E-state index in [4.69, 9.17) is 11.6 Å². The van der Waals surface area contributed by atoms with E-state index in [1.807, 2.05) is 24.3 Å². The molecule has 2 aromatic carbocycles. The van der Waals surface area contributed by atoms with Gasteiger partial charge in [0.1, 0.15) is 5.82 Å². The summed E-state index contributed by atoms with van der Waals surface area (Å²) in [4.78, 5) is 12.2. The lowest BCUT2D eigenvalue weighted by Crippen LogP contribution is -2.19. The Labute approximate surface area is 158 Å². The fraction of sp³-hybridized carbons (Fsp3) is 0.0526. The van der Waals surface area contributed by atoms with Crippen LogP contribution in [0.1, 0.15) is 5.56 Å². The first-order valence-electron chi connectivity index (χ1n) is 8.09. The highest BCUT2D eigenvalue weighted by Crippen LogP contribution is 2.22. The first kappa shape index (κ1) is 17.1. The number of nitrogens with one attached hydrogen (secondary N) is 1. The highest BCUT2D eigenvalue weighted by atomic mass is 35.5. The summed E-state index contributed by atoms with van der Waals surface area (Å²) in [5.41, 5.74) is 2.75. The molecule has 2 heterocycles. The zero-order valence-corrected chi connectivity index (χ0v) is 14.7. The molecule has 0 aliphatic rings. The van der Waals surface area contributed by atoms with Crippen molar-refractivity contribution < 1.29 is 4.39 Å². The van der Waals surface area contributed by atoms with Crippen LogP contribution in [0, 0.1) is 5.82 Å². The van der Waals surface area contributed by atoms with E-state index in [0.717, 1.165) is 16.7 Å². The summed E-state index contributed by atoms with van der Waals surface area (Å²) in [7, 11) is 0. The number of hydrogen-bond donors (Lipinski definition) is 1. The Kier molecular flexibility index (Phi) is 4.52. The summed E-state index contributed by atoms with van der Waals surface area (Å²) in [6.45, 7) is 0.122. The van der Waals surface area contributed by atoms with Crippen molar-refractivity contribution in [3.8, 4) is 22.5 Å².